The van der Waals surface area contributed by atoms with E-state index in [1.807, 2.05) is 0 Å². The fraction of sp³-hybridized carbons (Fsp3) is 0.500. The van der Waals surface area contributed by atoms with Crippen molar-refractivity contribution in [3.05, 3.63) is 27.5 Å². The minimum atomic E-state index is -0.510. The van der Waals surface area contributed by atoms with Crippen LogP contribution in [0.1, 0.15) is 12.8 Å². The molecular weight excluding hydrogens is 244 g/mol. The second-order valence-corrected chi connectivity index (χ2v) is 4.56. The Labute approximate surface area is 103 Å². The highest BCUT2D eigenvalue weighted by molar-refractivity contribution is 6.33. The van der Waals surface area contributed by atoms with Crippen LogP contribution in [0, 0.1) is 16.0 Å². The Kier molecular flexibility index (Phi) is 3.44. The molecule has 1 saturated carbocycles. The molecule has 6 nitrogen and oxygen atoms in total. The molecule has 1 aliphatic rings. The lowest BCUT2D eigenvalue weighted by Gasteiger charge is -2.13. The van der Waals surface area contributed by atoms with Gasteiger partial charge in [-0.1, -0.05) is 11.6 Å². The Morgan fingerprint density at radius 3 is 2.94 bits per heavy atom. The molecule has 0 aromatic carbocycles. The van der Waals surface area contributed by atoms with Gasteiger partial charge in [0.2, 0.25) is 0 Å². The van der Waals surface area contributed by atoms with Crippen molar-refractivity contribution in [2.75, 3.05) is 11.9 Å². The van der Waals surface area contributed by atoms with Gasteiger partial charge in [-0.15, -0.1) is 0 Å². The smallest absolute Gasteiger partial charge is 0.311 e. The Morgan fingerprint density at radius 1 is 1.65 bits per heavy atom. The van der Waals surface area contributed by atoms with Crippen LogP contribution in [-0.2, 0) is 0 Å². The third-order valence-corrected chi connectivity index (χ3v) is 3.10. The average molecular weight is 257 g/mol. The number of halogens is 1. The van der Waals surface area contributed by atoms with E-state index >= 15 is 0 Å². The van der Waals surface area contributed by atoms with Crippen LogP contribution in [0.4, 0.5) is 11.4 Å². The summed E-state index contributed by atoms with van der Waals surface area (Å²) >= 11 is 5.88. The quantitative estimate of drug-likeness (QED) is 0.619. The molecule has 1 heterocycles. The van der Waals surface area contributed by atoms with Gasteiger partial charge in [0.15, 0.2) is 0 Å². The molecule has 3 N–H and O–H groups in total. The summed E-state index contributed by atoms with van der Waals surface area (Å²) in [6.45, 7) is 0.481. The molecule has 17 heavy (non-hydrogen) atoms. The number of pyridine rings is 1. The first-order valence-corrected chi connectivity index (χ1v) is 5.74. The zero-order valence-electron chi connectivity index (χ0n) is 9.10. The maximum Gasteiger partial charge on any atom is 0.311 e. The number of nitrogens with one attached hydrogen (secondary N) is 1. The fourth-order valence-electron chi connectivity index (χ4n) is 1.65. The number of nitro groups is 1. The third-order valence-electron chi connectivity index (χ3n) is 2.82. The van der Waals surface area contributed by atoms with Crippen molar-refractivity contribution in [1.29, 1.82) is 0 Å². The normalized spacial score (nSPS) is 16.6. The molecule has 2 rings (SSSR count). The van der Waals surface area contributed by atoms with Gasteiger partial charge in [0.25, 0.3) is 0 Å². The van der Waals surface area contributed by atoms with E-state index in [0.29, 0.717) is 18.2 Å². The Bertz CT molecular complexity index is 436. The van der Waals surface area contributed by atoms with Gasteiger partial charge in [-0.3, -0.25) is 15.1 Å². The molecule has 92 valence electrons. The van der Waals surface area contributed by atoms with Crippen LogP contribution in [0.5, 0.6) is 0 Å². The zero-order valence-corrected chi connectivity index (χ0v) is 9.85. The lowest BCUT2D eigenvalue weighted by atomic mass is 10.2. The van der Waals surface area contributed by atoms with Crippen molar-refractivity contribution in [3.8, 4) is 0 Å². The SMILES string of the molecule is NC(CNc1c(Cl)cncc1[N+](=O)[O-])C1CC1. The maximum atomic E-state index is 10.8. The molecule has 1 aromatic rings. The molecular formula is C10H13ClN4O2. The second kappa shape index (κ2) is 4.85. The van der Waals surface area contributed by atoms with Crippen molar-refractivity contribution in [3.63, 3.8) is 0 Å². The van der Waals surface area contributed by atoms with Gasteiger partial charge in [0, 0.05) is 18.8 Å². The van der Waals surface area contributed by atoms with E-state index in [0.717, 1.165) is 12.8 Å². The second-order valence-electron chi connectivity index (χ2n) is 4.15. The van der Waals surface area contributed by atoms with Crippen molar-refractivity contribution in [1.82, 2.24) is 4.98 Å². The van der Waals surface area contributed by atoms with Gasteiger partial charge in [0.05, 0.1) is 9.95 Å². The van der Waals surface area contributed by atoms with E-state index < -0.39 is 4.92 Å². The number of nitrogens with two attached hydrogens (primary N) is 1. The Balaban J connectivity index is 2.10. The number of anilines is 1. The van der Waals surface area contributed by atoms with Gasteiger partial charge >= 0.3 is 5.69 Å². The van der Waals surface area contributed by atoms with Crippen LogP contribution in [-0.4, -0.2) is 22.5 Å². The summed E-state index contributed by atoms with van der Waals surface area (Å²) in [6.07, 6.45) is 4.82. The first-order valence-electron chi connectivity index (χ1n) is 5.37. The van der Waals surface area contributed by atoms with Crippen molar-refractivity contribution in [2.45, 2.75) is 18.9 Å². The summed E-state index contributed by atoms with van der Waals surface area (Å²) < 4.78 is 0. The number of aromatic nitrogens is 1. The summed E-state index contributed by atoms with van der Waals surface area (Å²) in [5.41, 5.74) is 6.08. The lowest BCUT2D eigenvalue weighted by Crippen LogP contribution is -2.31. The predicted molar refractivity (Wildman–Crippen MR) is 65.1 cm³/mol. The third kappa shape index (κ3) is 2.83. The molecule has 0 radical (unpaired) electrons. The van der Waals surface area contributed by atoms with Crippen molar-refractivity contribution in [2.24, 2.45) is 11.7 Å². The van der Waals surface area contributed by atoms with Gasteiger partial charge < -0.3 is 11.1 Å². The molecule has 0 spiro atoms. The molecule has 1 fully saturated rings. The highest BCUT2D eigenvalue weighted by Gasteiger charge is 2.29. The molecule has 0 aliphatic heterocycles. The molecule has 0 amide bonds. The van der Waals surface area contributed by atoms with E-state index in [-0.39, 0.29) is 16.8 Å². The molecule has 1 atom stereocenters. The minimum Gasteiger partial charge on any atom is -0.377 e. The fourth-order valence-corrected chi connectivity index (χ4v) is 1.87. The van der Waals surface area contributed by atoms with E-state index in [4.69, 9.17) is 17.3 Å². The topological polar surface area (TPSA) is 94.1 Å². The highest BCUT2D eigenvalue weighted by atomic mass is 35.5. The molecule has 0 saturated heterocycles. The monoisotopic (exact) mass is 256 g/mol. The maximum absolute atomic E-state index is 10.8. The Hall–Kier alpha value is -1.40. The van der Waals surface area contributed by atoms with Crippen LogP contribution >= 0.6 is 11.6 Å². The van der Waals surface area contributed by atoms with Gasteiger partial charge in [-0.25, -0.2) is 0 Å². The first kappa shape index (κ1) is 12.1. The largest absolute Gasteiger partial charge is 0.377 e. The van der Waals surface area contributed by atoms with E-state index in [2.05, 4.69) is 10.3 Å². The minimum absolute atomic E-state index is 0.0128. The van der Waals surface area contributed by atoms with E-state index in [1.165, 1.54) is 12.4 Å². The lowest BCUT2D eigenvalue weighted by molar-refractivity contribution is -0.384. The zero-order chi connectivity index (χ0) is 12.4. The van der Waals surface area contributed by atoms with Crippen LogP contribution in [0.15, 0.2) is 12.4 Å². The standard InChI is InChI=1S/C10H13ClN4O2/c11-7-3-13-5-9(15(16)17)10(7)14-4-8(12)6-1-2-6/h3,5-6,8H,1-2,4,12H2,(H,13,14). The molecule has 0 bridgehead atoms. The van der Waals surface area contributed by atoms with Crippen LogP contribution < -0.4 is 11.1 Å². The molecule has 1 aromatic heterocycles. The average Bonchev–Trinajstić information content (AvgIpc) is 3.10. The summed E-state index contributed by atoms with van der Waals surface area (Å²) in [7, 11) is 0. The number of rotatable bonds is 5. The summed E-state index contributed by atoms with van der Waals surface area (Å²) in [5.74, 6) is 0.530. The van der Waals surface area contributed by atoms with Gasteiger partial charge in [0.1, 0.15) is 11.9 Å². The van der Waals surface area contributed by atoms with Crippen LogP contribution in [0.25, 0.3) is 0 Å². The summed E-state index contributed by atoms with van der Waals surface area (Å²) in [4.78, 5) is 14.0. The summed E-state index contributed by atoms with van der Waals surface area (Å²) in [5, 5.41) is 14.0. The molecule has 1 aliphatic carbocycles. The molecule has 1 unspecified atom stereocenters. The van der Waals surface area contributed by atoms with Crippen molar-refractivity contribution < 1.29 is 4.92 Å². The first-order chi connectivity index (χ1) is 8.09. The number of hydrogen-bond donors (Lipinski definition) is 2. The van der Waals surface area contributed by atoms with Crippen LogP contribution in [0.3, 0.4) is 0 Å². The van der Waals surface area contributed by atoms with Gasteiger partial charge in [-0.2, -0.15) is 0 Å². The number of hydrogen-bond acceptors (Lipinski definition) is 5. The van der Waals surface area contributed by atoms with Gasteiger partial charge in [-0.05, 0) is 18.8 Å². The highest BCUT2D eigenvalue weighted by Crippen LogP contribution is 2.33. The molecule has 7 heteroatoms. The summed E-state index contributed by atoms with van der Waals surface area (Å²) in [6, 6.07) is 0.0128. The number of nitrogens with zero attached hydrogens (tertiary/aromatic N) is 2. The predicted octanol–water partition coefficient (Wildman–Crippen LogP) is 1.79. The van der Waals surface area contributed by atoms with Crippen molar-refractivity contribution >= 4 is 23.0 Å². The van der Waals surface area contributed by atoms with E-state index in [9.17, 15) is 10.1 Å². The van der Waals surface area contributed by atoms with E-state index in [1.54, 1.807) is 0 Å². The Morgan fingerprint density at radius 2 is 2.35 bits per heavy atom. The van der Waals surface area contributed by atoms with Crippen LogP contribution in [0.2, 0.25) is 5.02 Å².